The van der Waals surface area contributed by atoms with Crippen molar-refractivity contribution in [3.8, 4) is 11.3 Å². The Kier molecular flexibility index (Phi) is 3.64. The zero-order valence-corrected chi connectivity index (χ0v) is 12.2. The van der Waals surface area contributed by atoms with Gasteiger partial charge in [-0.1, -0.05) is 36.4 Å². The van der Waals surface area contributed by atoms with Crippen molar-refractivity contribution in [3.05, 3.63) is 59.3 Å². The van der Waals surface area contributed by atoms with Gasteiger partial charge in [-0.05, 0) is 28.1 Å². The highest BCUT2D eigenvalue weighted by Crippen LogP contribution is 2.28. The van der Waals surface area contributed by atoms with Crippen LogP contribution in [0.4, 0.5) is 0 Å². The van der Waals surface area contributed by atoms with Crippen molar-refractivity contribution < 1.29 is 0 Å². The number of halogens is 2. The summed E-state index contributed by atoms with van der Waals surface area (Å²) in [7, 11) is 0. The maximum Gasteiger partial charge on any atom is 0.138 e. The molecule has 0 aliphatic rings. The van der Waals surface area contributed by atoms with Crippen LogP contribution < -0.4 is 0 Å². The summed E-state index contributed by atoms with van der Waals surface area (Å²) in [6.07, 6.45) is 2.00. The van der Waals surface area contributed by atoms with E-state index in [9.17, 15) is 0 Å². The lowest BCUT2D eigenvalue weighted by molar-refractivity contribution is 1.15. The van der Waals surface area contributed by atoms with Crippen LogP contribution in [0.2, 0.25) is 0 Å². The van der Waals surface area contributed by atoms with Crippen LogP contribution in [0.15, 0.2) is 59.3 Å². The van der Waals surface area contributed by atoms with Crippen molar-refractivity contribution in [1.82, 2.24) is 9.38 Å². The third-order valence-electron chi connectivity index (χ3n) is 2.52. The number of hydrogen-bond acceptors (Lipinski definition) is 1. The molecule has 86 valence electrons. The fourth-order valence-corrected chi connectivity index (χ4v) is 2.36. The van der Waals surface area contributed by atoms with E-state index in [2.05, 4.69) is 33.0 Å². The Morgan fingerprint density at radius 2 is 1.65 bits per heavy atom. The number of pyridine rings is 1. The molecule has 0 radical (unpaired) electrons. The quantitative estimate of drug-likeness (QED) is 0.636. The SMILES string of the molecule is Br.Brc1c(-c2ccccc2)nc2ccccn12. The molecule has 0 amide bonds. The van der Waals surface area contributed by atoms with Crippen LogP contribution in [0.25, 0.3) is 16.9 Å². The standard InChI is InChI=1S/C13H9BrN2.BrH/c14-13-12(10-6-2-1-3-7-10)15-11-8-4-5-9-16(11)13;/h1-9H;1H. The van der Waals surface area contributed by atoms with Gasteiger partial charge < -0.3 is 0 Å². The lowest BCUT2D eigenvalue weighted by Gasteiger charge is -1.96. The van der Waals surface area contributed by atoms with E-state index in [0.29, 0.717) is 0 Å². The zero-order valence-electron chi connectivity index (χ0n) is 8.88. The van der Waals surface area contributed by atoms with Crippen molar-refractivity contribution in [2.45, 2.75) is 0 Å². The van der Waals surface area contributed by atoms with Crippen molar-refractivity contribution in [3.63, 3.8) is 0 Å². The van der Waals surface area contributed by atoms with Gasteiger partial charge in [0.2, 0.25) is 0 Å². The number of fused-ring (bicyclic) bond motifs is 1. The molecular formula is C13H10Br2N2. The van der Waals surface area contributed by atoms with Crippen molar-refractivity contribution in [2.75, 3.05) is 0 Å². The highest BCUT2D eigenvalue weighted by molar-refractivity contribution is 9.10. The van der Waals surface area contributed by atoms with Gasteiger partial charge in [0.05, 0.1) is 0 Å². The molecular weight excluding hydrogens is 344 g/mol. The highest BCUT2D eigenvalue weighted by Gasteiger charge is 2.10. The minimum absolute atomic E-state index is 0. The Labute approximate surface area is 118 Å². The van der Waals surface area contributed by atoms with Crippen LogP contribution in [-0.4, -0.2) is 9.38 Å². The molecule has 0 saturated heterocycles. The summed E-state index contributed by atoms with van der Waals surface area (Å²) in [5.41, 5.74) is 3.05. The number of rotatable bonds is 1. The van der Waals surface area contributed by atoms with Gasteiger partial charge in [-0.25, -0.2) is 4.98 Å². The molecule has 0 N–H and O–H groups in total. The monoisotopic (exact) mass is 352 g/mol. The van der Waals surface area contributed by atoms with Crippen LogP contribution in [-0.2, 0) is 0 Å². The molecule has 0 bridgehead atoms. The molecule has 0 atom stereocenters. The minimum atomic E-state index is 0. The number of imidazole rings is 1. The minimum Gasteiger partial charge on any atom is -0.294 e. The highest BCUT2D eigenvalue weighted by atomic mass is 79.9. The lowest BCUT2D eigenvalue weighted by atomic mass is 10.2. The fraction of sp³-hybridized carbons (Fsp3) is 0. The molecule has 1 aromatic carbocycles. The zero-order chi connectivity index (χ0) is 11.0. The number of nitrogens with zero attached hydrogens (tertiary/aromatic N) is 2. The molecule has 0 aliphatic carbocycles. The predicted molar refractivity (Wildman–Crippen MR) is 78.7 cm³/mol. The number of benzene rings is 1. The van der Waals surface area contributed by atoms with Crippen LogP contribution in [0.1, 0.15) is 0 Å². The van der Waals surface area contributed by atoms with E-state index in [-0.39, 0.29) is 17.0 Å². The Morgan fingerprint density at radius 1 is 0.941 bits per heavy atom. The number of hydrogen-bond donors (Lipinski definition) is 0. The molecule has 0 fully saturated rings. The van der Waals surface area contributed by atoms with E-state index in [1.165, 1.54) is 0 Å². The lowest BCUT2D eigenvalue weighted by Crippen LogP contribution is -1.81. The second-order valence-corrected chi connectivity index (χ2v) is 4.30. The summed E-state index contributed by atoms with van der Waals surface area (Å²) in [6.45, 7) is 0. The maximum absolute atomic E-state index is 4.60. The van der Waals surface area contributed by atoms with Crippen molar-refractivity contribution in [2.24, 2.45) is 0 Å². The summed E-state index contributed by atoms with van der Waals surface area (Å²) in [5.74, 6) is 0. The van der Waals surface area contributed by atoms with E-state index < -0.39 is 0 Å². The van der Waals surface area contributed by atoms with Gasteiger partial charge in [-0.2, -0.15) is 0 Å². The summed E-state index contributed by atoms with van der Waals surface area (Å²) in [5, 5.41) is 0. The Balaban J connectivity index is 0.00000108. The molecule has 3 rings (SSSR count). The first-order chi connectivity index (χ1) is 7.86. The summed E-state index contributed by atoms with van der Waals surface area (Å²) >= 11 is 3.59. The predicted octanol–water partition coefficient (Wildman–Crippen LogP) is 4.34. The van der Waals surface area contributed by atoms with Gasteiger partial charge in [0.1, 0.15) is 15.9 Å². The molecule has 17 heavy (non-hydrogen) atoms. The van der Waals surface area contributed by atoms with Crippen LogP contribution in [0.5, 0.6) is 0 Å². The van der Waals surface area contributed by atoms with Crippen LogP contribution in [0.3, 0.4) is 0 Å². The Bertz CT molecular complexity index is 632. The second kappa shape index (κ2) is 5.02. The molecule has 0 spiro atoms. The first kappa shape index (κ1) is 12.3. The molecule has 2 heterocycles. The van der Waals surface area contributed by atoms with Gasteiger partial charge in [0.15, 0.2) is 0 Å². The number of aromatic nitrogens is 2. The third kappa shape index (κ3) is 2.15. The van der Waals surface area contributed by atoms with E-state index in [1.54, 1.807) is 0 Å². The van der Waals surface area contributed by atoms with Gasteiger partial charge in [0, 0.05) is 11.8 Å². The van der Waals surface area contributed by atoms with Gasteiger partial charge in [0.25, 0.3) is 0 Å². The topological polar surface area (TPSA) is 17.3 Å². The van der Waals surface area contributed by atoms with E-state index in [4.69, 9.17) is 0 Å². The van der Waals surface area contributed by atoms with E-state index >= 15 is 0 Å². The summed E-state index contributed by atoms with van der Waals surface area (Å²) < 4.78 is 3.02. The van der Waals surface area contributed by atoms with Gasteiger partial charge in [-0.15, -0.1) is 17.0 Å². The van der Waals surface area contributed by atoms with Gasteiger partial charge >= 0.3 is 0 Å². The average Bonchev–Trinajstić information content (AvgIpc) is 2.69. The normalized spacial score (nSPS) is 10.2. The van der Waals surface area contributed by atoms with E-state index in [0.717, 1.165) is 21.5 Å². The first-order valence-corrected chi connectivity index (χ1v) is 5.83. The van der Waals surface area contributed by atoms with Crippen LogP contribution >= 0.6 is 32.9 Å². The smallest absolute Gasteiger partial charge is 0.138 e. The molecule has 0 saturated carbocycles. The van der Waals surface area contributed by atoms with Crippen LogP contribution in [0, 0.1) is 0 Å². The first-order valence-electron chi connectivity index (χ1n) is 5.04. The van der Waals surface area contributed by atoms with E-state index in [1.807, 2.05) is 47.0 Å². The summed E-state index contributed by atoms with van der Waals surface area (Å²) in [6, 6.07) is 16.2. The molecule has 2 aromatic heterocycles. The Morgan fingerprint density at radius 3 is 2.35 bits per heavy atom. The van der Waals surface area contributed by atoms with Crippen molar-refractivity contribution in [1.29, 1.82) is 0 Å². The largest absolute Gasteiger partial charge is 0.294 e. The maximum atomic E-state index is 4.60. The second-order valence-electron chi connectivity index (χ2n) is 3.55. The third-order valence-corrected chi connectivity index (χ3v) is 3.28. The fourth-order valence-electron chi connectivity index (χ4n) is 1.75. The molecule has 0 aliphatic heterocycles. The Hall–Kier alpha value is -1.13. The molecule has 3 aromatic rings. The average molecular weight is 354 g/mol. The van der Waals surface area contributed by atoms with Crippen molar-refractivity contribution >= 4 is 38.6 Å². The molecule has 0 unspecified atom stereocenters. The molecule has 4 heteroatoms. The van der Waals surface area contributed by atoms with Gasteiger partial charge in [-0.3, -0.25) is 4.40 Å². The molecule has 2 nitrogen and oxygen atoms in total. The summed E-state index contributed by atoms with van der Waals surface area (Å²) in [4.78, 5) is 4.60.